The van der Waals surface area contributed by atoms with Crippen LogP contribution in [0, 0.1) is 55.4 Å². The van der Waals surface area contributed by atoms with Crippen LogP contribution in [-0.2, 0) is 36.2 Å². The Hall–Kier alpha value is -3.78. The van der Waals surface area contributed by atoms with Gasteiger partial charge in [-0.25, -0.2) is 0 Å². The van der Waals surface area contributed by atoms with Crippen LogP contribution in [0.4, 0.5) is 0 Å². The first-order valence-electron chi connectivity index (χ1n) is 21.9. The average Bonchev–Trinajstić information content (AvgIpc) is 3.77. The first-order valence-corrected chi connectivity index (χ1v) is 28.1. The molecule has 320 valence electrons. The molecule has 0 spiro atoms. The normalized spacial score (nSPS) is 10.7. The van der Waals surface area contributed by atoms with Crippen molar-refractivity contribution in [3.8, 4) is 44.5 Å². The van der Waals surface area contributed by atoms with E-state index in [2.05, 4.69) is 204 Å². The Labute approximate surface area is 401 Å². The van der Waals surface area contributed by atoms with Gasteiger partial charge in [-0.2, -0.15) is 12.1 Å². The molecule has 0 nitrogen and oxygen atoms in total. The van der Waals surface area contributed by atoms with Gasteiger partial charge in [0.15, 0.2) is 0 Å². The second-order valence-corrected chi connectivity index (χ2v) is 27.1. The van der Waals surface area contributed by atoms with Crippen molar-refractivity contribution in [1.29, 1.82) is 0 Å². The molecule has 4 heteroatoms. The number of aryl methyl sites for hydroxylation is 10. The zero-order valence-corrected chi connectivity index (χ0v) is 44.1. The number of halogens is 2. The molecule has 8 aromatic carbocycles. The molecule has 62 heavy (non-hydrogen) atoms. The van der Waals surface area contributed by atoms with Gasteiger partial charge in [0.05, 0.1) is 0 Å². The van der Waals surface area contributed by atoms with Crippen LogP contribution in [0.2, 0.25) is 13.1 Å². The van der Waals surface area contributed by atoms with E-state index in [-0.39, 0.29) is 30.2 Å². The molecular formula is C58H64Cl2SiZr-2. The summed E-state index contributed by atoms with van der Waals surface area (Å²) in [4.78, 5) is 0. The maximum atomic E-state index is 2.41. The topological polar surface area (TPSA) is 0 Å². The number of hydrogen-bond donors (Lipinski definition) is 0. The van der Waals surface area contributed by atoms with E-state index >= 15 is 0 Å². The van der Waals surface area contributed by atoms with Crippen LogP contribution in [0.3, 0.4) is 0 Å². The summed E-state index contributed by atoms with van der Waals surface area (Å²) in [5.74, 6) is 0. The summed E-state index contributed by atoms with van der Waals surface area (Å²) in [6.45, 7) is 26.6. The van der Waals surface area contributed by atoms with Crippen LogP contribution < -0.4 is 24.8 Å². The van der Waals surface area contributed by atoms with Gasteiger partial charge < -0.3 is 24.8 Å². The largest absolute Gasteiger partial charge is 1.00 e. The summed E-state index contributed by atoms with van der Waals surface area (Å²) in [6, 6.07) is 46.4. The first kappa shape index (κ1) is 50.9. The molecule has 0 saturated heterocycles. The molecule has 0 aliphatic heterocycles. The average molecular weight is 951 g/mol. The van der Waals surface area contributed by atoms with Gasteiger partial charge >= 0.3 is 41.9 Å². The molecule has 0 heterocycles. The van der Waals surface area contributed by atoms with Crippen LogP contribution >= 0.6 is 0 Å². The van der Waals surface area contributed by atoms with Crippen molar-refractivity contribution in [3.05, 3.63) is 177 Å². The Morgan fingerprint density at radius 1 is 0.387 bits per heavy atom. The first-order chi connectivity index (χ1) is 28.6. The monoisotopic (exact) mass is 948 g/mol. The summed E-state index contributed by atoms with van der Waals surface area (Å²) in [6.07, 6.45) is 4.61. The van der Waals surface area contributed by atoms with Gasteiger partial charge in [-0.05, 0) is 79.4 Å². The van der Waals surface area contributed by atoms with Crippen molar-refractivity contribution in [3.63, 3.8) is 0 Å². The predicted molar refractivity (Wildman–Crippen MR) is 264 cm³/mol. The van der Waals surface area contributed by atoms with Crippen molar-refractivity contribution >= 4 is 27.0 Å². The van der Waals surface area contributed by atoms with Gasteiger partial charge in [-0.3, -0.25) is 0 Å². The van der Waals surface area contributed by atoms with Gasteiger partial charge in [-0.1, -0.05) is 202 Å². The minimum absolute atomic E-state index is 0. The third kappa shape index (κ3) is 12.7. The molecule has 0 amide bonds. The third-order valence-electron chi connectivity index (χ3n) is 11.1. The summed E-state index contributed by atoms with van der Waals surface area (Å²) in [5, 5.41) is 5.52. The number of benzene rings is 6. The van der Waals surface area contributed by atoms with Crippen molar-refractivity contribution in [2.75, 3.05) is 0 Å². The molecule has 0 radical (unpaired) electrons. The van der Waals surface area contributed by atoms with Crippen molar-refractivity contribution < 1.29 is 48.1 Å². The maximum Gasteiger partial charge on any atom is -1.00 e. The van der Waals surface area contributed by atoms with E-state index in [0.29, 0.717) is 0 Å². The zero-order chi connectivity index (χ0) is 43.2. The van der Waals surface area contributed by atoms with Crippen molar-refractivity contribution in [1.82, 2.24) is 0 Å². The predicted octanol–water partition coefficient (Wildman–Crippen LogP) is 11.0. The quantitative estimate of drug-likeness (QED) is 0.105. The van der Waals surface area contributed by atoms with E-state index < -0.39 is 0 Å². The van der Waals surface area contributed by atoms with E-state index in [4.69, 9.17) is 0 Å². The second kappa shape index (κ2) is 22.7. The van der Waals surface area contributed by atoms with Crippen LogP contribution in [0.5, 0.6) is 0 Å². The molecule has 8 rings (SSSR count). The van der Waals surface area contributed by atoms with Gasteiger partial charge in [0.25, 0.3) is 0 Å². The van der Waals surface area contributed by atoms with E-state index in [1.54, 1.807) is 23.3 Å². The molecule has 0 aliphatic rings. The Balaban J connectivity index is 0.000000244. The molecule has 8 aromatic rings. The van der Waals surface area contributed by atoms with E-state index in [1.165, 1.54) is 135 Å². The fraction of sp³-hybridized carbons (Fsp3) is 0.276. The van der Waals surface area contributed by atoms with E-state index in [1.807, 2.05) is 0 Å². The second-order valence-electron chi connectivity index (χ2n) is 17.7. The zero-order valence-electron chi connectivity index (χ0n) is 39.1. The molecule has 0 aliphatic carbocycles. The minimum Gasteiger partial charge on any atom is -1.00 e. The van der Waals surface area contributed by atoms with Gasteiger partial charge in [0.2, 0.25) is 0 Å². The van der Waals surface area contributed by atoms with E-state index in [9.17, 15) is 0 Å². The van der Waals surface area contributed by atoms with E-state index in [0.717, 1.165) is 12.8 Å². The number of hydrogen-bond acceptors (Lipinski definition) is 0. The molecule has 0 N–H and O–H groups in total. The summed E-state index contributed by atoms with van der Waals surface area (Å²) in [5.41, 5.74) is 24.3. The Kier molecular flexibility index (Phi) is 18.6. The van der Waals surface area contributed by atoms with Gasteiger partial charge in [0.1, 0.15) is 0 Å². The Bertz CT molecular complexity index is 2370. The number of fused-ring (bicyclic) bond motifs is 2. The van der Waals surface area contributed by atoms with Crippen LogP contribution in [0.15, 0.2) is 121 Å². The van der Waals surface area contributed by atoms with Crippen LogP contribution in [0.25, 0.3) is 66.1 Å². The molecule has 0 saturated carbocycles. The summed E-state index contributed by atoms with van der Waals surface area (Å²) >= 11 is 1.74. The minimum atomic E-state index is 0. The molecule has 0 bridgehead atoms. The number of rotatable bonds is 8. The summed E-state index contributed by atoms with van der Waals surface area (Å²) < 4.78 is 0. The Morgan fingerprint density at radius 3 is 0.855 bits per heavy atom. The van der Waals surface area contributed by atoms with Crippen LogP contribution in [0.1, 0.15) is 82.3 Å². The molecule has 0 aromatic heterocycles. The van der Waals surface area contributed by atoms with Crippen LogP contribution in [-0.4, -0.2) is 5.43 Å². The fourth-order valence-electron chi connectivity index (χ4n) is 9.11. The molecule has 0 fully saturated rings. The molecule has 0 atom stereocenters. The van der Waals surface area contributed by atoms with Crippen molar-refractivity contribution in [2.45, 2.75) is 108 Å². The Morgan fingerprint density at radius 2 is 0.613 bits per heavy atom. The molecule has 0 unspecified atom stereocenters. The van der Waals surface area contributed by atoms with Crippen molar-refractivity contribution in [2.24, 2.45) is 0 Å². The third-order valence-corrected chi connectivity index (χ3v) is 11.1. The summed E-state index contributed by atoms with van der Waals surface area (Å²) in [7, 11) is 0. The smallest absolute Gasteiger partial charge is 1.00 e. The SMILES string of the molecule is CCCc1cc2c(-c3cc(C)cc(C)c3)ccc(-c3cc(C)cc(C)c3)c2[cH-]1.CCCc1cc2c(-c3cc(C)cc(C)c3)ccc(-c3cc(C)cc(C)c3)c2[cH-]1.C[Si](C)=[Zr+2].[Cl-].[Cl-]. The van der Waals surface area contributed by atoms with Gasteiger partial charge in [-0.15, -0.1) is 44.8 Å². The maximum absolute atomic E-state index is 2.41. The standard InChI is InChI=1S/2C28H29.C2H6Si.2ClH.Zr/c2*1-6-7-22-16-27-25(23-12-18(2)10-19(3)13-23)8-9-26(28(27)17-22)24-14-20(4)11-21(5)15-24;1-3-2;;;/h2*8-17H,6-7H2,1-5H3;1-2H3;2*1H;/q2*-1;;;;+2/p-2. The molecular weight excluding hydrogens is 887 g/mol. The van der Waals surface area contributed by atoms with Gasteiger partial charge in [0, 0.05) is 0 Å². The fourth-order valence-corrected chi connectivity index (χ4v) is 9.11.